The summed E-state index contributed by atoms with van der Waals surface area (Å²) in [6.07, 6.45) is 4.68. The molecule has 7 nitrogen and oxygen atoms in total. The fraction of sp³-hybridized carbons (Fsp3) is 0.474. The van der Waals surface area contributed by atoms with Crippen LogP contribution in [0.4, 0.5) is 5.82 Å². The number of morpholine rings is 1. The molecule has 1 unspecified atom stereocenters. The molecule has 0 saturated carbocycles. The Morgan fingerprint density at radius 2 is 2.22 bits per heavy atom. The average molecular weight is 485 g/mol. The van der Waals surface area contributed by atoms with E-state index in [0.29, 0.717) is 6.54 Å². The fourth-order valence-electron chi connectivity index (χ4n) is 2.90. The number of aliphatic imine (C=N–C) groups is 1. The lowest BCUT2D eigenvalue weighted by Gasteiger charge is -2.32. The maximum atomic E-state index is 5.58. The average Bonchev–Trinajstić information content (AvgIpc) is 3.18. The summed E-state index contributed by atoms with van der Waals surface area (Å²) in [4.78, 5) is 11.1. The van der Waals surface area contributed by atoms with Gasteiger partial charge >= 0.3 is 0 Å². The van der Waals surface area contributed by atoms with Crippen molar-refractivity contribution in [2.45, 2.75) is 26.0 Å². The molecule has 2 aromatic rings. The molecule has 1 atom stereocenters. The zero-order valence-electron chi connectivity index (χ0n) is 15.9. The minimum absolute atomic E-state index is 0. The number of hydrogen-bond acceptors (Lipinski definition) is 5. The van der Waals surface area contributed by atoms with E-state index in [9.17, 15) is 0 Å². The monoisotopic (exact) mass is 485 g/mol. The van der Waals surface area contributed by atoms with Crippen LogP contribution >= 0.6 is 24.0 Å². The lowest BCUT2D eigenvalue weighted by atomic mass is 10.2. The van der Waals surface area contributed by atoms with E-state index in [1.165, 1.54) is 0 Å². The number of ether oxygens (including phenoxy) is 1. The third-order valence-corrected chi connectivity index (χ3v) is 4.30. The van der Waals surface area contributed by atoms with Crippen LogP contribution in [-0.2, 0) is 17.7 Å². The van der Waals surface area contributed by atoms with Crippen LogP contribution < -0.4 is 15.5 Å². The lowest BCUT2D eigenvalue weighted by Crippen LogP contribution is -2.41. The molecule has 0 spiro atoms. The van der Waals surface area contributed by atoms with Crippen molar-refractivity contribution < 1.29 is 9.15 Å². The summed E-state index contributed by atoms with van der Waals surface area (Å²) < 4.78 is 10.9. The Morgan fingerprint density at radius 1 is 1.33 bits per heavy atom. The van der Waals surface area contributed by atoms with Gasteiger partial charge in [0.1, 0.15) is 11.6 Å². The number of pyridine rings is 1. The van der Waals surface area contributed by atoms with Crippen LogP contribution in [0.5, 0.6) is 0 Å². The number of nitrogens with one attached hydrogen (secondary N) is 2. The zero-order chi connectivity index (χ0) is 18.2. The number of rotatable bonds is 6. The molecule has 0 aliphatic carbocycles. The van der Waals surface area contributed by atoms with Crippen LogP contribution in [0, 0.1) is 0 Å². The Kier molecular flexibility index (Phi) is 8.86. The van der Waals surface area contributed by atoms with Gasteiger partial charge in [0.25, 0.3) is 0 Å². The van der Waals surface area contributed by atoms with Crippen LogP contribution in [0.3, 0.4) is 0 Å². The number of aromatic nitrogens is 1. The minimum atomic E-state index is 0. The Bertz CT molecular complexity index is 691. The SMILES string of the molecule is CN=C(NCCc1ccco1)NCc1ccc(N2CCOC(C)C2)nc1.I. The van der Waals surface area contributed by atoms with Gasteiger partial charge in [-0.05, 0) is 30.7 Å². The smallest absolute Gasteiger partial charge is 0.191 e. The number of nitrogens with zero attached hydrogens (tertiary/aromatic N) is 3. The van der Waals surface area contributed by atoms with Gasteiger partial charge in [0.15, 0.2) is 5.96 Å². The number of hydrogen-bond donors (Lipinski definition) is 2. The van der Waals surface area contributed by atoms with Gasteiger partial charge in [0, 0.05) is 45.8 Å². The van der Waals surface area contributed by atoms with E-state index in [1.807, 2.05) is 18.3 Å². The Balaban J connectivity index is 0.00000261. The Morgan fingerprint density at radius 3 is 2.89 bits per heavy atom. The second-order valence-electron chi connectivity index (χ2n) is 6.33. The zero-order valence-corrected chi connectivity index (χ0v) is 18.2. The molecule has 0 bridgehead atoms. The van der Waals surface area contributed by atoms with Gasteiger partial charge in [-0.25, -0.2) is 4.98 Å². The summed E-state index contributed by atoms with van der Waals surface area (Å²) in [5.74, 6) is 2.73. The van der Waals surface area contributed by atoms with Crippen molar-refractivity contribution in [2.75, 3.05) is 38.2 Å². The predicted molar refractivity (Wildman–Crippen MR) is 118 cm³/mol. The second kappa shape index (κ2) is 11.1. The first-order valence-corrected chi connectivity index (χ1v) is 9.03. The highest BCUT2D eigenvalue weighted by Gasteiger charge is 2.17. The fourth-order valence-corrected chi connectivity index (χ4v) is 2.90. The highest BCUT2D eigenvalue weighted by Crippen LogP contribution is 2.15. The number of guanidine groups is 1. The molecular weight excluding hydrogens is 457 g/mol. The molecule has 0 amide bonds. The summed E-state index contributed by atoms with van der Waals surface area (Å²) in [6.45, 7) is 6.06. The van der Waals surface area contributed by atoms with E-state index in [0.717, 1.165) is 55.8 Å². The van der Waals surface area contributed by atoms with Crippen molar-refractivity contribution in [2.24, 2.45) is 4.99 Å². The van der Waals surface area contributed by atoms with E-state index >= 15 is 0 Å². The van der Waals surface area contributed by atoms with Crippen molar-refractivity contribution >= 4 is 35.8 Å². The van der Waals surface area contributed by atoms with Crippen LogP contribution in [-0.4, -0.2) is 50.3 Å². The lowest BCUT2D eigenvalue weighted by molar-refractivity contribution is 0.0529. The molecule has 1 fully saturated rings. The van der Waals surface area contributed by atoms with Crippen molar-refractivity contribution in [3.05, 3.63) is 48.0 Å². The van der Waals surface area contributed by atoms with E-state index in [4.69, 9.17) is 9.15 Å². The molecule has 2 N–H and O–H groups in total. The molecule has 1 aliphatic heterocycles. The number of halogens is 1. The van der Waals surface area contributed by atoms with Gasteiger partial charge in [-0.1, -0.05) is 6.07 Å². The molecule has 148 valence electrons. The first-order chi connectivity index (χ1) is 12.7. The number of furan rings is 1. The van der Waals surface area contributed by atoms with Gasteiger partial charge in [-0.2, -0.15) is 0 Å². The standard InChI is InChI=1S/C19H27N5O2.HI/c1-15-14-24(9-11-25-15)18-6-5-16(12-22-18)13-23-19(20-2)21-8-7-17-4-3-10-26-17;/h3-6,10,12,15H,7-9,11,13-14H2,1-2H3,(H2,20,21,23);1H. The van der Waals surface area contributed by atoms with E-state index < -0.39 is 0 Å². The summed E-state index contributed by atoms with van der Waals surface area (Å²) in [6, 6.07) is 8.05. The van der Waals surface area contributed by atoms with Crippen molar-refractivity contribution in [1.82, 2.24) is 15.6 Å². The third-order valence-electron chi connectivity index (χ3n) is 4.30. The van der Waals surface area contributed by atoms with Crippen molar-refractivity contribution in [3.63, 3.8) is 0 Å². The van der Waals surface area contributed by atoms with Gasteiger partial charge < -0.3 is 24.7 Å². The molecule has 3 heterocycles. The highest BCUT2D eigenvalue weighted by molar-refractivity contribution is 14.0. The Hall–Kier alpha value is -1.81. The first kappa shape index (κ1) is 21.5. The highest BCUT2D eigenvalue weighted by atomic mass is 127. The molecule has 0 aromatic carbocycles. The molecule has 1 saturated heterocycles. The molecule has 8 heteroatoms. The maximum Gasteiger partial charge on any atom is 0.191 e. The van der Waals surface area contributed by atoms with Gasteiger partial charge in [-0.3, -0.25) is 4.99 Å². The van der Waals surface area contributed by atoms with Gasteiger partial charge in [0.2, 0.25) is 0 Å². The normalized spacial score (nSPS) is 17.3. The molecule has 2 aromatic heterocycles. The summed E-state index contributed by atoms with van der Waals surface area (Å²) >= 11 is 0. The van der Waals surface area contributed by atoms with Crippen molar-refractivity contribution in [1.29, 1.82) is 0 Å². The van der Waals surface area contributed by atoms with Gasteiger partial charge in [0.05, 0.1) is 19.0 Å². The molecule has 0 radical (unpaired) electrons. The molecule has 1 aliphatic rings. The number of anilines is 1. The summed E-state index contributed by atoms with van der Waals surface area (Å²) in [7, 11) is 1.77. The predicted octanol–water partition coefficient (Wildman–Crippen LogP) is 2.43. The first-order valence-electron chi connectivity index (χ1n) is 9.03. The Labute approximate surface area is 177 Å². The largest absolute Gasteiger partial charge is 0.469 e. The van der Waals surface area contributed by atoms with Crippen LogP contribution in [0.25, 0.3) is 0 Å². The van der Waals surface area contributed by atoms with Crippen LogP contribution in [0.1, 0.15) is 18.2 Å². The minimum Gasteiger partial charge on any atom is -0.469 e. The molecule has 27 heavy (non-hydrogen) atoms. The maximum absolute atomic E-state index is 5.58. The summed E-state index contributed by atoms with van der Waals surface area (Å²) in [5.41, 5.74) is 1.11. The topological polar surface area (TPSA) is 74.9 Å². The van der Waals surface area contributed by atoms with E-state index in [2.05, 4.69) is 44.6 Å². The molecule has 3 rings (SSSR count). The van der Waals surface area contributed by atoms with E-state index in [-0.39, 0.29) is 30.1 Å². The van der Waals surface area contributed by atoms with Gasteiger partial charge in [-0.15, -0.1) is 24.0 Å². The van der Waals surface area contributed by atoms with Crippen LogP contribution in [0.2, 0.25) is 0 Å². The third kappa shape index (κ3) is 6.69. The van der Waals surface area contributed by atoms with E-state index in [1.54, 1.807) is 13.3 Å². The summed E-state index contributed by atoms with van der Waals surface area (Å²) in [5, 5.41) is 6.59. The second-order valence-corrected chi connectivity index (χ2v) is 6.33. The quantitative estimate of drug-likeness (QED) is 0.372. The van der Waals surface area contributed by atoms with Crippen LogP contribution in [0.15, 0.2) is 46.1 Å². The van der Waals surface area contributed by atoms with Crippen molar-refractivity contribution in [3.8, 4) is 0 Å². The molecular formula is C19H28IN5O2.